The predicted octanol–water partition coefficient (Wildman–Crippen LogP) is 9.91. The quantitative estimate of drug-likeness (QED) is 0.150. The lowest BCUT2D eigenvalue weighted by molar-refractivity contribution is 0.481. The first-order valence-electron chi connectivity index (χ1n) is 13.9. The second-order valence-electron chi connectivity index (χ2n) is 10.1. The number of ether oxygens (including phenoxy) is 2. The molecule has 0 N–H and O–H groups in total. The van der Waals surface area contributed by atoms with E-state index in [4.69, 9.17) is 32.7 Å². The molecule has 0 aromatic heterocycles. The molecular formula is C36H24Cl2O6S2. The highest BCUT2D eigenvalue weighted by molar-refractivity contribution is 7.91. The number of hydrogen-bond donors (Lipinski definition) is 0. The summed E-state index contributed by atoms with van der Waals surface area (Å²) in [6.45, 7) is 0. The molecule has 0 spiro atoms. The molecule has 0 saturated heterocycles. The molecule has 0 atom stereocenters. The summed E-state index contributed by atoms with van der Waals surface area (Å²) < 4.78 is 63.4. The zero-order valence-corrected chi connectivity index (χ0v) is 27.0. The number of sulfone groups is 2. The Morgan fingerprint density at radius 2 is 0.543 bits per heavy atom. The van der Waals surface area contributed by atoms with Crippen molar-refractivity contribution in [1.29, 1.82) is 0 Å². The Balaban J connectivity index is 1.07. The molecule has 0 fully saturated rings. The Bertz CT molecular complexity index is 2020. The highest BCUT2D eigenvalue weighted by Crippen LogP contribution is 2.31. The summed E-state index contributed by atoms with van der Waals surface area (Å²) in [6, 6.07) is 39.6. The average Bonchev–Trinajstić information content (AvgIpc) is 3.06. The molecular weight excluding hydrogens is 663 g/mol. The summed E-state index contributed by atoms with van der Waals surface area (Å²) in [5, 5.41) is 0.928. The lowest BCUT2D eigenvalue weighted by atomic mass is 10.1. The van der Waals surface area contributed by atoms with E-state index in [1.165, 1.54) is 48.5 Å². The highest BCUT2D eigenvalue weighted by atomic mass is 35.5. The van der Waals surface area contributed by atoms with Crippen molar-refractivity contribution in [3.05, 3.63) is 156 Å². The zero-order chi connectivity index (χ0) is 32.3. The molecule has 6 rings (SSSR count). The number of hydrogen-bond acceptors (Lipinski definition) is 6. The topological polar surface area (TPSA) is 86.7 Å². The SMILES string of the molecule is O=S(=O)(c1ccc(Cl)cc1)c1ccc(Oc2ccc(-c3ccc(Oc4ccc(S(=O)(=O)c5ccc(Cl)cc5)cc4)cc3)cc2)cc1. The van der Waals surface area contributed by atoms with Crippen molar-refractivity contribution < 1.29 is 26.3 Å². The van der Waals surface area contributed by atoms with Crippen molar-refractivity contribution in [3.63, 3.8) is 0 Å². The standard InChI is InChI=1S/C36H24Cl2O6S2/c37-27-5-17-33(18-6-27)45(39,40)35-21-13-31(14-22-35)43-29-9-1-25(2-10-29)26-3-11-30(12-4-26)44-32-15-23-36(24-16-32)46(41,42)34-19-7-28(38)8-20-34/h1-24H. The van der Waals surface area contributed by atoms with Gasteiger partial charge in [0.25, 0.3) is 0 Å². The summed E-state index contributed by atoms with van der Waals surface area (Å²) >= 11 is 11.8. The molecule has 0 bridgehead atoms. The first kappa shape index (κ1) is 31.4. The van der Waals surface area contributed by atoms with Gasteiger partial charge < -0.3 is 9.47 Å². The monoisotopic (exact) mass is 686 g/mol. The van der Waals surface area contributed by atoms with E-state index in [1.54, 1.807) is 48.5 Å². The van der Waals surface area contributed by atoms with Crippen molar-refractivity contribution >= 4 is 42.9 Å². The van der Waals surface area contributed by atoms with Crippen LogP contribution in [-0.2, 0) is 19.7 Å². The number of benzene rings is 6. The normalized spacial score (nSPS) is 11.6. The van der Waals surface area contributed by atoms with E-state index in [0.29, 0.717) is 33.0 Å². The summed E-state index contributed by atoms with van der Waals surface area (Å²) in [5.41, 5.74) is 1.92. The smallest absolute Gasteiger partial charge is 0.206 e. The summed E-state index contributed by atoms with van der Waals surface area (Å²) in [4.78, 5) is 0.643. The largest absolute Gasteiger partial charge is 0.457 e. The lowest BCUT2D eigenvalue weighted by Gasteiger charge is -2.10. The zero-order valence-electron chi connectivity index (χ0n) is 23.9. The Morgan fingerprint density at radius 3 is 0.804 bits per heavy atom. The first-order valence-corrected chi connectivity index (χ1v) is 17.6. The van der Waals surface area contributed by atoms with Crippen LogP contribution in [0, 0.1) is 0 Å². The molecule has 0 heterocycles. The van der Waals surface area contributed by atoms with Gasteiger partial charge >= 0.3 is 0 Å². The maximum Gasteiger partial charge on any atom is 0.206 e. The van der Waals surface area contributed by atoms with Crippen LogP contribution in [0.2, 0.25) is 10.0 Å². The second kappa shape index (κ2) is 13.0. The van der Waals surface area contributed by atoms with Crippen molar-refractivity contribution in [3.8, 4) is 34.1 Å². The van der Waals surface area contributed by atoms with E-state index in [0.717, 1.165) is 11.1 Å². The molecule has 0 saturated carbocycles. The molecule has 0 radical (unpaired) electrons. The number of halogens is 2. The summed E-state index contributed by atoms with van der Waals surface area (Å²) in [6.07, 6.45) is 0. The van der Waals surface area contributed by atoms with Gasteiger partial charge in [-0.1, -0.05) is 47.5 Å². The molecule has 230 valence electrons. The van der Waals surface area contributed by atoms with E-state index in [-0.39, 0.29) is 19.6 Å². The van der Waals surface area contributed by atoms with Crippen LogP contribution >= 0.6 is 23.2 Å². The van der Waals surface area contributed by atoms with Crippen molar-refractivity contribution in [2.75, 3.05) is 0 Å². The molecule has 0 unspecified atom stereocenters. The van der Waals surface area contributed by atoms with Crippen molar-refractivity contribution in [2.45, 2.75) is 19.6 Å². The summed E-state index contributed by atoms with van der Waals surface area (Å²) in [5.74, 6) is 2.19. The van der Waals surface area contributed by atoms with Crippen molar-refractivity contribution in [1.82, 2.24) is 0 Å². The van der Waals surface area contributed by atoms with Gasteiger partial charge in [-0.05, 0) is 132 Å². The second-order valence-corrected chi connectivity index (χ2v) is 14.9. The van der Waals surface area contributed by atoms with Crippen LogP contribution in [0.25, 0.3) is 11.1 Å². The molecule has 10 heteroatoms. The minimum absolute atomic E-state index is 0.157. The van der Waals surface area contributed by atoms with E-state index in [9.17, 15) is 16.8 Å². The Hall–Kier alpha value is -4.60. The third kappa shape index (κ3) is 6.95. The van der Waals surface area contributed by atoms with Gasteiger partial charge in [0.1, 0.15) is 23.0 Å². The fourth-order valence-electron chi connectivity index (χ4n) is 4.58. The van der Waals surface area contributed by atoms with E-state index in [2.05, 4.69) is 0 Å². The van der Waals surface area contributed by atoms with Gasteiger partial charge in [-0.3, -0.25) is 0 Å². The Labute approximate surface area is 277 Å². The fourth-order valence-corrected chi connectivity index (χ4v) is 7.35. The van der Waals surface area contributed by atoms with E-state index < -0.39 is 19.7 Å². The maximum absolute atomic E-state index is 12.9. The molecule has 6 aromatic carbocycles. The minimum Gasteiger partial charge on any atom is -0.457 e. The summed E-state index contributed by atoms with van der Waals surface area (Å²) in [7, 11) is -7.34. The van der Waals surface area contributed by atoms with Gasteiger partial charge in [0.05, 0.1) is 19.6 Å². The maximum atomic E-state index is 12.9. The van der Waals surface area contributed by atoms with E-state index >= 15 is 0 Å². The predicted molar refractivity (Wildman–Crippen MR) is 179 cm³/mol. The lowest BCUT2D eigenvalue weighted by Crippen LogP contribution is -2.01. The molecule has 6 aromatic rings. The Kier molecular flexibility index (Phi) is 8.88. The first-order chi connectivity index (χ1) is 22.1. The molecule has 6 nitrogen and oxygen atoms in total. The molecule has 46 heavy (non-hydrogen) atoms. The molecule has 0 amide bonds. The van der Waals surface area contributed by atoms with E-state index in [1.807, 2.05) is 48.5 Å². The molecule has 0 aliphatic rings. The Morgan fingerprint density at radius 1 is 0.326 bits per heavy atom. The van der Waals surface area contributed by atoms with Gasteiger partial charge in [0, 0.05) is 10.0 Å². The van der Waals surface area contributed by atoms with Gasteiger partial charge in [0.15, 0.2) is 0 Å². The van der Waals surface area contributed by atoms with Crippen molar-refractivity contribution in [2.24, 2.45) is 0 Å². The fraction of sp³-hybridized carbons (Fsp3) is 0. The third-order valence-electron chi connectivity index (χ3n) is 7.03. The third-order valence-corrected chi connectivity index (χ3v) is 11.1. The van der Waals surface area contributed by atoms with Crippen LogP contribution in [0.15, 0.2) is 165 Å². The van der Waals surface area contributed by atoms with Gasteiger partial charge in [0.2, 0.25) is 19.7 Å². The highest BCUT2D eigenvalue weighted by Gasteiger charge is 2.19. The van der Waals surface area contributed by atoms with Gasteiger partial charge in [-0.25, -0.2) is 16.8 Å². The van der Waals surface area contributed by atoms with Gasteiger partial charge in [-0.2, -0.15) is 0 Å². The van der Waals surface area contributed by atoms with Crippen LogP contribution in [0.1, 0.15) is 0 Å². The van der Waals surface area contributed by atoms with Crippen LogP contribution in [0.4, 0.5) is 0 Å². The minimum atomic E-state index is -3.67. The molecule has 0 aliphatic carbocycles. The van der Waals surface area contributed by atoms with Gasteiger partial charge in [-0.15, -0.1) is 0 Å². The average molecular weight is 688 g/mol. The van der Waals surface area contributed by atoms with Crippen LogP contribution in [0.3, 0.4) is 0 Å². The molecule has 0 aliphatic heterocycles. The van der Waals surface area contributed by atoms with Crippen LogP contribution < -0.4 is 9.47 Å². The van der Waals surface area contributed by atoms with Crippen LogP contribution in [-0.4, -0.2) is 16.8 Å². The van der Waals surface area contributed by atoms with Crippen LogP contribution in [0.5, 0.6) is 23.0 Å². The number of rotatable bonds is 9.